The molecule has 0 fully saturated rings. The highest BCUT2D eigenvalue weighted by atomic mass is 32.2. The summed E-state index contributed by atoms with van der Waals surface area (Å²) in [6.45, 7) is 5.87. The number of benzene rings is 1. The molecule has 84 valence electrons. The second-order valence-electron chi connectivity index (χ2n) is 4.02. The Labute approximate surface area is 91.4 Å². The van der Waals surface area contributed by atoms with E-state index < -0.39 is 9.84 Å². The van der Waals surface area contributed by atoms with Crippen molar-refractivity contribution >= 4 is 15.5 Å². The van der Waals surface area contributed by atoms with Crippen molar-refractivity contribution in [3.05, 3.63) is 23.8 Å². The summed E-state index contributed by atoms with van der Waals surface area (Å²) in [7, 11) is -3.16. The minimum atomic E-state index is -3.16. The van der Waals surface area contributed by atoms with E-state index in [-0.39, 0.29) is 6.04 Å². The van der Waals surface area contributed by atoms with Crippen molar-refractivity contribution in [1.82, 2.24) is 0 Å². The van der Waals surface area contributed by atoms with Crippen LogP contribution in [0, 0.1) is 6.92 Å². The Morgan fingerprint density at radius 3 is 2.33 bits per heavy atom. The first-order valence-electron chi connectivity index (χ1n) is 4.88. The Balaban J connectivity index is 3.33. The van der Waals surface area contributed by atoms with E-state index in [0.29, 0.717) is 4.90 Å². The molecule has 0 heterocycles. The van der Waals surface area contributed by atoms with Crippen molar-refractivity contribution in [1.29, 1.82) is 0 Å². The van der Waals surface area contributed by atoms with E-state index in [1.807, 2.05) is 26.8 Å². The fraction of sp³-hybridized carbons (Fsp3) is 0.455. The van der Waals surface area contributed by atoms with Gasteiger partial charge in [-0.1, -0.05) is 12.1 Å². The Kier molecular flexibility index (Phi) is 3.39. The predicted octanol–water partition coefficient (Wildman–Crippen LogP) is 2.22. The SMILES string of the molecule is Cc1cccc(S(C)(=O)=O)c1NC(C)C. The molecule has 0 aromatic heterocycles. The number of rotatable bonds is 3. The maximum absolute atomic E-state index is 11.5. The number of hydrogen-bond acceptors (Lipinski definition) is 3. The average Bonchev–Trinajstić information content (AvgIpc) is 2.05. The highest BCUT2D eigenvalue weighted by Crippen LogP contribution is 2.25. The van der Waals surface area contributed by atoms with Crippen LogP contribution in [0.1, 0.15) is 19.4 Å². The monoisotopic (exact) mass is 227 g/mol. The molecule has 0 saturated heterocycles. The molecule has 0 saturated carbocycles. The number of sulfone groups is 1. The van der Waals surface area contributed by atoms with Crippen molar-refractivity contribution in [3.63, 3.8) is 0 Å². The van der Waals surface area contributed by atoms with Gasteiger partial charge in [0.05, 0.1) is 10.6 Å². The van der Waals surface area contributed by atoms with E-state index in [2.05, 4.69) is 5.32 Å². The number of hydrogen-bond donors (Lipinski definition) is 1. The fourth-order valence-electron chi connectivity index (χ4n) is 1.42. The maximum atomic E-state index is 11.5. The van der Waals surface area contributed by atoms with Crippen LogP contribution in [0.3, 0.4) is 0 Å². The number of aryl methyl sites for hydroxylation is 1. The van der Waals surface area contributed by atoms with Gasteiger partial charge in [-0.15, -0.1) is 0 Å². The molecule has 3 nitrogen and oxygen atoms in total. The second-order valence-corrected chi connectivity index (χ2v) is 6.00. The summed E-state index contributed by atoms with van der Waals surface area (Å²) in [5, 5.41) is 3.17. The lowest BCUT2D eigenvalue weighted by atomic mass is 10.2. The predicted molar refractivity (Wildman–Crippen MR) is 63.0 cm³/mol. The lowest BCUT2D eigenvalue weighted by Crippen LogP contribution is -2.14. The van der Waals surface area contributed by atoms with Gasteiger partial charge in [0.1, 0.15) is 0 Å². The second kappa shape index (κ2) is 4.23. The molecule has 0 spiro atoms. The first-order chi connectivity index (χ1) is 6.82. The third-order valence-corrected chi connectivity index (χ3v) is 3.21. The van der Waals surface area contributed by atoms with Crippen LogP contribution in [-0.4, -0.2) is 20.7 Å². The Morgan fingerprint density at radius 2 is 1.87 bits per heavy atom. The van der Waals surface area contributed by atoms with E-state index in [9.17, 15) is 8.42 Å². The van der Waals surface area contributed by atoms with Crippen LogP contribution in [0.4, 0.5) is 5.69 Å². The van der Waals surface area contributed by atoms with Crippen molar-refractivity contribution in [2.75, 3.05) is 11.6 Å². The van der Waals surface area contributed by atoms with Crippen LogP contribution in [0.2, 0.25) is 0 Å². The molecule has 1 aromatic rings. The molecule has 0 bridgehead atoms. The van der Waals surface area contributed by atoms with Crippen LogP contribution in [0.25, 0.3) is 0 Å². The average molecular weight is 227 g/mol. The van der Waals surface area contributed by atoms with Crippen molar-refractivity contribution in [2.45, 2.75) is 31.7 Å². The number of anilines is 1. The Hall–Kier alpha value is -1.03. The molecular weight excluding hydrogens is 210 g/mol. The Bertz CT molecular complexity index is 450. The molecule has 1 aromatic carbocycles. The van der Waals surface area contributed by atoms with Gasteiger partial charge >= 0.3 is 0 Å². The van der Waals surface area contributed by atoms with Crippen LogP contribution in [-0.2, 0) is 9.84 Å². The first kappa shape index (κ1) is 12.0. The van der Waals surface area contributed by atoms with Crippen LogP contribution in [0.5, 0.6) is 0 Å². The third kappa shape index (κ3) is 2.96. The van der Waals surface area contributed by atoms with E-state index in [1.54, 1.807) is 12.1 Å². The van der Waals surface area contributed by atoms with Gasteiger partial charge in [-0.2, -0.15) is 0 Å². The maximum Gasteiger partial charge on any atom is 0.177 e. The van der Waals surface area contributed by atoms with E-state index >= 15 is 0 Å². The summed E-state index contributed by atoms with van der Waals surface area (Å²) in [6, 6.07) is 5.51. The number of para-hydroxylation sites is 1. The summed E-state index contributed by atoms with van der Waals surface area (Å²) in [5.74, 6) is 0. The molecule has 1 rings (SSSR count). The molecule has 0 radical (unpaired) electrons. The van der Waals surface area contributed by atoms with Crippen molar-refractivity contribution < 1.29 is 8.42 Å². The zero-order valence-corrected chi connectivity index (χ0v) is 10.4. The van der Waals surface area contributed by atoms with Crippen LogP contribution in [0.15, 0.2) is 23.1 Å². The zero-order chi connectivity index (χ0) is 11.6. The van der Waals surface area contributed by atoms with Gasteiger partial charge in [0.15, 0.2) is 9.84 Å². The lowest BCUT2D eigenvalue weighted by Gasteiger charge is -2.16. The lowest BCUT2D eigenvalue weighted by molar-refractivity contribution is 0.602. The highest BCUT2D eigenvalue weighted by Gasteiger charge is 2.14. The first-order valence-corrected chi connectivity index (χ1v) is 6.77. The largest absolute Gasteiger partial charge is 0.382 e. The van der Waals surface area contributed by atoms with Gasteiger partial charge in [-0.25, -0.2) is 8.42 Å². The molecule has 1 N–H and O–H groups in total. The topological polar surface area (TPSA) is 46.2 Å². The molecule has 0 atom stereocenters. The number of nitrogens with one attached hydrogen (secondary N) is 1. The molecule has 0 amide bonds. The van der Waals surface area contributed by atoms with Crippen LogP contribution >= 0.6 is 0 Å². The van der Waals surface area contributed by atoms with Crippen molar-refractivity contribution in [2.24, 2.45) is 0 Å². The standard InChI is InChI=1S/C11H17NO2S/c1-8(2)12-11-9(3)6-5-7-10(11)15(4,13)14/h5-8,12H,1-4H3. The molecule has 0 aliphatic heterocycles. The fourth-order valence-corrected chi connectivity index (χ4v) is 2.34. The molecule has 0 aliphatic rings. The van der Waals surface area contributed by atoms with E-state index in [1.165, 1.54) is 6.26 Å². The van der Waals surface area contributed by atoms with Gasteiger partial charge in [-0.05, 0) is 32.4 Å². The molecular formula is C11H17NO2S. The molecule has 0 unspecified atom stereocenters. The summed E-state index contributed by atoms with van der Waals surface area (Å²) >= 11 is 0. The quantitative estimate of drug-likeness (QED) is 0.861. The summed E-state index contributed by atoms with van der Waals surface area (Å²) < 4.78 is 23.1. The van der Waals surface area contributed by atoms with Gasteiger partial charge < -0.3 is 5.32 Å². The zero-order valence-electron chi connectivity index (χ0n) is 9.53. The minimum Gasteiger partial charge on any atom is -0.382 e. The van der Waals surface area contributed by atoms with Gasteiger partial charge in [0, 0.05) is 12.3 Å². The minimum absolute atomic E-state index is 0.214. The summed E-state index contributed by atoms with van der Waals surface area (Å²) in [4.78, 5) is 0.371. The normalized spacial score (nSPS) is 11.8. The molecule has 4 heteroatoms. The van der Waals surface area contributed by atoms with Gasteiger partial charge in [0.25, 0.3) is 0 Å². The molecule has 0 aliphatic carbocycles. The van der Waals surface area contributed by atoms with Crippen LogP contribution < -0.4 is 5.32 Å². The van der Waals surface area contributed by atoms with Gasteiger partial charge in [-0.3, -0.25) is 0 Å². The highest BCUT2D eigenvalue weighted by molar-refractivity contribution is 7.90. The van der Waals surface area contributed by atoms with E-state index in [4.69, 9.17) is 0 Å². The summed E-state index contributed by atoms with van der Waals surface area (Å²) in [6.07, 6.45) is 1.23. The Morgan fingerprint density at radius 1 is 1.27 bits per heavy atom. The van der Waals surface area contributed by atoms with E-state index in [0.717, 1.165) is 11.3 Å². The smallest absolute Gasteiger partial charge is 0.177 e. The van der Waals surface area contributed by atoms with Crippen molar-refractivity contribution in [3.8, 4) is 0 Å². The third-order valence-electron chi connectivity index (χ3n) is 2.07. The summed E-state index contributed by atoms with van der Waals surface area (Å²) in [5.41, 5.74) is 1.67. The van der Waals surface area contributed by atoms with Gasteiger partial charge in [0.2, 0.25) is 0 Å². The molecule has 15 heavy (non-hydrogen) atoms.